The highest BCUT2D eigenvalue weighted by Gasteiger charge is 2.14. The lowest BCUT2D eigenvalue weighted by atomic mass is 10.1. The Hall–Kier alpha value is -3.25. The standard InChI is InChI=1S/C21H17N3O2S/c1-2-14-7-9-16(10-8-14)23-20-17(19(25)24-21-22-11-12-27-21)13-15-5-3-4-6-18(15)26-20/h3-13H,2H2,1H3,(H,22,24,25). The van der Waals surface area contributed by atoms with Gasteiger partial charge >= 0.3 is 0 Å². The van der Waals surface area contributed by atoms with Gasteiger partial charge in [-0.05, 0) is 36.2 Å². The molecule has 0 fully saturated rings. The minimum Gasteiger partial charge on any atom is -0.438 e. The molecule has 5 nitrogen and oxygen atoms in total. The summed E-state index contributed by atoms with van der Waals surface area (Å²) in [5.41, 5.74) is 3.27. The summed E-state index contributed by atoms with van der Waals surface area (Å²) in [6.07, 6.45) is 2.60. The lowest BCUT2D eigenvalue weighted by Crippen LogP contribution is -2.21. The number of para-hydroxylation sites is 1. The van der Waals surface area contributed by atoms with E-state index >= 15 is 0 Å². The molecule has 0 saturated carbocycles. The molecule has 4 rings (SSSR count). The molecule has 2 aromatic carbocycles. The topological polar surface area (TPSA) is 67.5 Å². The monoisotopic (exact) mass is 375 g/mol. The first-order valence-corrected chi connectivity index (χ1v) is 9.48. The number of rotatable bonds is 4. The molecule has 27 heavy (non-hydrogen) atoms. The summed E-state index contributed by atoms with van der Waals surface area (Å²) >= 11 is 1.36. The number of carbonyl (C=O) groups is 1. The second kappa shape index (κ2) is 7.55. The number of aromatic nitrogens is 1. The van der Waals surface area contributed by atoms with E-state index in [4.69, 9.17) is 4.42 Å². The van der Waals surface area contributed by atoms with Crippen LogP contribution in [0.4, 0.5) is 10.8 Å². The number of aryl methyl sites for hydroxylation is 1. The number of fused-ring (bicyclic) bond motifs is 1. The predicted octanol–water partition coefficient (Wildman–Crippen LogP) is 4.94. The number of carbonyl (C=O) groups excluding carboxylic acids is 1. The number of nitrogens with zero attached hydrogens (tertiary/aromatic N) is 2. The highest BCUT2D eigenvalue weighted by molar-refractivity contribution is 7.13. The Bertz CT molecular complexity index is 1150. The minimum absolute atomic E-state index is 0.270. The van der Waals surface area contributed by atoms with Crippen LogP contribution >= 0.6 is 11.3 Å². The first-order valence-electron chi connectivity index (χ1n) is 8.60. The maximum atomic E-state index is 12.8. The van der Waals surface area contributed by atoms with Crippen molar-refractivity contribution in [2.24, 2.45) is 4.99 Å². The maximum absolute atomic E-state index is 12.8. The van der Waals surface area contributed by atoms with Crippen LogP contribution in [0.3, 0.4) is 0 Å². The lowest BCUT2D eigenvalue weighted by Gasteiger charge is -2.05. The predicted molar refractivity (Wildman–Crippen MR) is 107 cm³/mol. The van der Waals surface area contributed by atoms with E-state index in [1.165, 1.54) is 16.9 Å². The Morgan fingerprint density at radius 2 is 2.00 bits per heavy atom. The summed E-state index contributed by atoms with van der Waals surface area (Å²) in [5.74, 6) is -0.302. The molecule has 2 aromatic heterocycles. The van der Waals surface area contributed by atoms with Crippen LogP contribution in [-0.2, 0) is 6.42 Å². The lowest BCUT2D eigenvalue weighted by molar-refractivity contribution is 0.102. The zero-order valence-corrected chi connectivity index (χ0v) is 15.5. The van der Waals surface area contributed by atoms with Crippen molar-refractivity contribution < 1.29 is 9.21 Å². The molecule has 0 atom stereocenters. The highest BCUT2D eigenvalue weighted by atomic mass is 32.1. The summed E-state index contributed by atoms with van der Waals surface area (Å²) in [7, 11) is 0. The summed E-state index contributed by atoms with van der Waals surface area (Å²) in [4.78, 5) is 21.5. The van der Waals surface area contributed by atoms with E-state index in [0.717, 1.165) is 17.5 Å². The van der Waals surface area contributed by atoms with Crippen LogP contribution < -0.4 is 10.9 Å². The molecule has 1 amide bonds. The van der Waals surface area contributed by atoms with Crippen LogP contribution in [0.5, 0.6) is 0 Å². The number of hydrogen-bond acceptors (Lipinski definition) is 5. The molecule has 4 aromatic rings. The summed E-state index contributed by atoms with van der Waals surface area (Å²) in [6, 6.07) is 17.2. The molecule has 0 aliphatic rings. The SMILES string of the molecule is CCc1ccc(N=c2oc3ccccc3cc2C(=O)Nc2nccs2)cc1. The van der Waals surface area contributed by atoms with Crippen LogP contribution in [-0.4, -0.2) is 10.9 Å². The molecule has 0 radical (unpaired) electrons. The average Bonchev–Trinajstić information content (AvgIpc) is 3.21. The molecule has 0 spiro atoms. The number of nitrogens with one attached hydrogen (secondary N) is 1. The molecule has 6 heteroatoms. The van der Waals surface area contributed by atoms with E-state index in [9.17, 15) is 4.79 Å². The van der Waals surface area contributed by atoms with E-state index in [2.05, 4.69) is 22.2 Å². The molecule has 0 saturated heterocycles. The van der Waals surface area contributed by atoms with Crippen molar-refractivity contribution in [1.82, 2.24) is 4.98 Å². The Morgan fingerprint density at radius 1 is 1.19 bits per heavy atom. The van der Waals surface area contributed by atoms with Crippen molar-refractivity contribution in [2.45, 2.75) is 13.3 Å². The average molecular weight is 375 g/mol. The van der Waals surface area contributed by atoms with Gasteiger partial charge in [0.05, 0.1) is 5.69 Å². The van der Waals surface area contributed by atoms with Crippen molar-refractivity contribution in [3.8, 4) is 0 Å². The largest absolute Gasteiger partial charge is 0.438 e. The molecule has 0 unspecified atom stereocenters. The minimum atomic E-state index is -0.302. The first kappa shape index (κ1) is 17.2. The van der Waals surface area contributed by atoms with Crippen LogP contribution in [0.15, 0.2) is 75.6 Å². The molecule has 134 valence electrons. The molecule has 0 bridgehead atoms. The Morgan fingerprint density at radius 3 is 2.74 bits per heavy atom. The zero-order valence-electron chi connectivity index (χ0n) is 14.7. The number of thiazole rings is 1. The van der Waals surface area contributed by atoms with E-state index < -0.39 is 0 Å². The van der Waals surface area contributed by atoms with Crippen molar-refractivity contribution in [3.63, 3.8) is 0 Å². The molecule has 0 aliphatic heterocycles. The van der Waals surface area contributed by atoms with Gasteiger partial charge < -0.3 is 4.42 Å². The third-order valence-electron chi connectivity index (χ3n) is 4.13. The zero-order chi connectivity index (χ0) is 18.6. The number of hydrogen-bond donors (Lipinski definition) is 1. The maximum Gasteiger partial charge on any atom is 0.262 e. The number of amides is 1. The number of anilines is 1. The quantitative estimate of drug-likeness (QED) is 0.549. The third-order valence-corrected chi connectivity index (χ3v) is 4.82. The second-order valence-corrected chi connectivity index (χ2v) is 6.82. The molecular weight excluding hydrogens is 358 g/mol. The van der Waals surface area contributed by atoms with Gasteiger partial charge in [0, 0.05) is 17.0 Å². The third kappa shape index (κ3) is 3.80. The van der Waals surface area contributed by atoms with Gasteiger partial charge in [-0.2, -0.15) is 0 Å². The first-order chi connectivity index (χ1) is 13.2. The van der Waals surface area contributed by atoms with Gasteiger partial charge in [-0.3, -0.25) is 10.1 Å². The normalized spacial score (nSPS) is 11.7. The molecule has 2 heterocycles. The van der Waals surface area contributed by atoms with E-state index in [1.54, 1.807) is 17.6 Å². The van der Waals surface area contributed by atoms with Gasteiger partial charge in [0.25, 0.3) is 5.91 Å². The van der Waals surface area contributed by atoms with Crippen LogP contribution in [0, 0.1) is 0 Å². The van der Waals surface area contributed by atoms with Gasteiger partial charge in [-0.1, -0.05) is 37.3 Å². The van der Waals surface area contributed by atoms with Crippen molar-refractivity contribution in [3.05, 3.63) is 82.9 Å². The van der Waals surface area contributed by atoms with Crippen molar-refractivity contribution in [2.75, 3.05) is 5.32 Å². The van der Waals surface area contributed by atoms with Gasteiger partial charge in [-0.25, -0.2) is 9.98 Å². The van der Waals surface area contributed by atoms with E-state index in [0.29, 0.717) is 16.3 Å². The van der Waals surface area contributed by atoms with Crippen LogP contribution in [0.2, 0.25) is 0 Å². The van der Waals surface area contributed by atoms with Crippen LogP contribution in [0.25, 0.3) is 11.0 Å². The molecule has 0 aliphatic carbocycles. The van der Waals surface area contributed by atoms with Gasteiger partial charge in [0.15, 0.2) is 5.13 Å². The fraction of sp³-hybridized carbons (Fsp3) is 0.0952. The molecule has 1 N–H and O–H groups in total. The van der Waals surface area contributed by atoms with E-state index in [1.807, 2.05) is 48.5 Å². The highest BCUT2D eigenvalue weighted by Crippen LogP contribution is 2.17. The fourth-order valence-corrected chi connectivity index (χ4v) is 3.21. The fourth-order valence-electron chi connectivity index (χ4n) is 2.69. The van der Waals surface area contributed by atoms with Crippen LogP contribution in [0.1, 0.15) is 22.8 Å². The summed E-state index contributed by atoms with van der Waals surface area (Å²) in [5, 5.41) is 5.97. The summed E-state index contributed by atoms with van der Waals surface area (Å²) < 4.78 is 5.95. The van der Waals surface area contributed by atoms with Gasteiger partial charge in [-0.15, -0.1) is 11.3 Å². The Kier molecular flexibility index (Phi) is 4.80. The Labute approximate surface area is 160 Å². The Balaban J connectivity index is 1.83. The summed E-state index contributed by atoms with van der Waals surface area (Å²) in [6.45, 7) is 2.10. The number of benzene rings is 2. The van der Waals surface area contributed by atoms with Crippen molar-refractivity contribution in [1.29, 1.82) is 0 Å². The smallest absolute Gasteiger partial charge is 0.262 e. The van der Waals surface area contributed by atoms with E-state index in [-0.39, 0.29) is 11.5 Å². The van der Waals surface area contributed by atoms with Crippen molar-refractivity contribution >= 4 is 39.0 Å². The van der Waals surface area contributed by atoms with Gasteiger partial charge in [0.2, 0.25) is 5.55 Å². The second-order valence-electron chi connectivity index (χ2n) is 5.93. The molecular formula is C21H17N3O2S. The van der Waals surface area contributed by atoms with Gasteiger partial charge in [0.1, 0.15) is 11.1 Å².